The van der Waals surface area contributed by atoms with Crippen LogP contribution in [0.25, 0.3) is 0 Å². The average Bonchev–Trinajstić information content (AvgIpc) is 2.35. The van der Waals surface area contributed by atoms with Crippen LogP contribution in [0.4, 0.5) is 11.4 Å². The summed E-state index contributed by atoms with van der Waals surface area (Å²) in [6.45, 7) is 0.583. The maximum absolute atomic E-state index is 5.75. The third kappa shape index (κ3) is 1.49. The second kappa shape index (κ2) is 3.85. The number of nitrogens with one attached hydrogen (secondary N) is 1. The van der Waals surface area contributed by atoms with E-state index in [0.29, 0.717) is 6.54 Å². The SMILES string of the molecule is NCc1cccc2c1Sc1ccccc1N2. The molecule has 0 aromatic heterocycles. The van der Waals surface area contributed by atoms with E-state index in [1.807, 2.05) is 12.1 Å². The van der Waals surface area contributed by atoms with E-state index < -0.39 is 0 Å². The number of anilines is 2. The Labute approximate surface area is 98.9 Å². The monoisotopic (exact) mass is 228 g/mol. The Morgan fingerprint density at radius 2 is 1.81 bits per heavy atom. The van der Waals surface area contributed by atoms with Gasteiger partial charge in [0, 0.05) is 16.3 Å². The van der Waals surface area contributed by atoms with Crippen molar-refractivity contribution in [2.24, 2.45) is 5.73 Å². The van der Waals surface area contributed by atoms with E-state index in [1.54, 1.807) is 11.8 Å². The molecule has 0 spiro atoms. The topological polar surface area (TPSA) is 38.0 Å². The lowest BCUT2D eigenvalue weighted by Gasteiger charge is -2.22. The molecular formula is C13H12N2S. The van der Waals surface area contributed by atoms with Gasteiger partial charge in [0.25, 0.3) is 0 Å². The third-order valence-corrected chi connectivity index (χ3v) is 3.95. The first-order chi connectivity index (χ1) is 7.88. The normalized spacial score (nSPS) is 12.6. The fourth-order valence-electron chi connectivity index (χ4n) is 1.88. The van der Waals surface area contributed by atoms with E-state index in [4.69, 9.17) is 5.73 Å². The predicted octanol–water partition coefficient (Wildman–Crippen LogP) is 3.35. The summed E-state index contributed by atoms with van der Waals surface area (Å²) >= 11 is 1.79. The molecule has 16 heavy (non-hydrogen) atoms. The van der Waals surface area contributed by atoms with E-state index in [1.165, 1.54) is 21.0 Å². The van der Waals surface area contributed by atoms with Crippen LogP contribution in [0, 0.1) is 0 Å². The van der Waals surface area contributed by atoms with Crippen LogP contribution in [-0.2, 0) is 6.54 Å². The van der Waals surface area contributed by atoms with Gasteiger partial charge in [0.2, 0.25) is 0 Å². The average molecular weight is 228 g/mol. The molecule has 2 aromatic rings. The molecule has 3 N–H and O–H groups in total. The number of fused-ring (bicyclic) bond motifs is 2. The van der Waals surface area contributed by atoms with Crippen LogP contribution in [0.3, 0.4) is 0 Å². The van der Waals surface area contributed by atoms with Crippen molar-refractivity contribution in [1.82, 2.24) is 0 Å². The minimum Gasteiger partial charge on any atom is -0.354 e. The Balaban J connectivity index is 2.12. The largest absolute Gasteiger partial charge is 0.354 e. The van der Waals surface area contributed by atoms with Crippen molar-refractivity contribution >= 4 is 23.1 Å². The third-order valence-electron chi connectivity index (χ3n) is 2.68. The second-order valence-corrected chi connectivity index (χ2v) is 4.77. The molecule has 0 amide bonds. The second-order valence-electron chi connectivity index (χ2n) is 3.72. The van der Waals surface area contributed by atoms with Gasteiger partial charge < -0.3 is 11.1 Å². The van der Waals surface area contributed by atoms with Crippen LogP contribution >= 0.6 is 11.8 Å². The van der Waals surface area contributed by atoms with Crippen LogP contribution in [0.15, 0.2) is 52.3 Å². The summed E-state index contributed by atoms with van der Waals surface area (Å²) in [4.78, 5) is 2.51. The number of para-hydroxylation sites is 1. The van der Waals surface area contributed by atoms with Gasteiger partial charge in [-0.2, -0.15) is 0 Å². The maximum atomic E-state index is 5.75. The molecule has 0 saturated heterocycles. The number of benzene rings is 2. The highest BCUT2D eigenvalue weighted by Crippen LogP contribution is 2.45. The number of nitrogens with two attached hydrogens (primary N) is 1. The van der Waals surface area contributed by atoms with Crippen LogP contribution in [0.1, 0.15) is 5.56 Å². The smallest absolute Gasteiger partial charge is 0.0529 e. The molecule has 2 aromatic carbocycles. The van der Waals surface area contributed by atoms with Gasteiger partial charge in [-0.05, 0) is 23.8 Å². The Morgan fingerprint density at radius 3 is 2.69 bits per heavy atom. The fraction of sp³-hybridized carbons (Fsp3) is 0.0769. The summed E-state index contributed by atoms with van der Waals surface area (Å²) in [5, 5.41) is 3.44. The van der Waals surface area contributed by atoms with Crippen LogP contribution < -0.4 is 11.1 Å². The molecule has 3 rings (SSSR count). The first-order valence-corrected chi connectivity index (χ1v) is 6.06. The lowest BCUT2D eigenvalue weighted by Crippen LogP contribution is -2.05. The molecule has 80 valence electrons. The lowest BCUT2D eigenvalue weighted by atomic mass is 10.2. The van der Waals surface area contributed by atoms with E-state index in [2.05, 4.69) is 35.6 Å². The van der Waals surface area contributed by atoms with Gasteiger partial charge in [-0.15, -0.1) is 0 Å². The Hall–Kier alpha value is -1.45. The zero-order valence-corrected chi connectivity index (χ0v) is 9.55. The summed E-state index contributed by atoms with van der Waals surface area (Å²) in [5.41, 5.74) is 9.29. The van der Waals surface area contributed by atoms with Gasteiger partial charge in [-0.25, -0.2) is 0 Å². The van der Waals surface area contributed by atoms with Crippen molar-refractivity contribution in [1.29, 1.82) is 0 Å². The standard InChI is InChI=1S/C13H12N2S/c14-8-9-4-3-6-11-13(9)16-12-7-2-1-5-10(12)15-11/h1-7,15H,8,14H2. The summed E-state index contributed by atoms with van der Waals surface area (Å²) in [6.07, 6.45) is 0. The Morgan fingerprint density at radius 1 is 1.00 bits per heavy atom. The fourth-order valence-corrected chi connectivity index (χ4v) is 2.99. The van der Waals surface area contributed by atoms with E-state index in [-0.39, 0.29) is 0 Å². The first kappa shape index (κ1) is 9.75. The van der Waals surface area contributed by atoms with Gasteiger partial charge in [-0.1, -0.05) is 36.0 Å². The zero-order valence-electron chi connectivity index (χ0n) is 8.73. The van der Waals surface area contributed by atoms with Gasteiger partial charge in [0.15, 0.2) is 0 Å². The quantitative estimate of drug-likeness (QED) is 0.670. The highest BCUT2D eigenvalue weighted by molar-refractivity contribution is 7.99. The summed E-state index contributed by atoms with van der Waals surface area (Å²) in [6, 6.07) is 14.6. The maximum Gasteiger partial charge on any atom is 0.0529 e. The molecular weight excluding hydrogens is 216 g/mol. The van der Waals surface area contributed by atoms with Crippen LogP contribution in [-0.4, -0.2) is 0 Å². The summed E-state index contributed by atoms with van der Waals surface area (Å²) < 4.78 is 0. The van der Waals surface area contributed by atoms with Crippen LogP contribution in [0.2, 0.25) is 0 Å². The first-order valence-electron chi connectivity index (χ1n) is 5.24. The molecule has 2 nitrogen and oxygen atoms in total. The van der Waals surface area contributed by atoms with Gasteiger partial charge >= 0.3 is 0 Å². The van der Waals surface area contributed by atoms with Crippen LogP contribution in [0.5, 0.6) is 0 Å². The number of hydrogen-bond acceptors (Lipinski definition) is 3. The molecule has 0 bridgehead atoms. The van der Waals surface area contributed by atoms with Crippen molar-refractivity contribution in [3.8, 4) is 0 Å². The molecule has 0 saturated carbocycles. The van der Waals surface area contributed by atoms with Crippen molar-refractivity contribution in [3.63, 3.8) is 0 Å². The van der Waals surface area contributed by atoms with E-state index >= 15 is 0 Å². The zero-order chi connectivity index (χ0) is 11.0. The van der Waals surface area contributed by atoms with Gasteiger partial charge in [-0.3, -0.25) is 0 Å². The van der Waals surface area contributed by atoms with E-state index in [9.17, 15) is 0 Å². The summed E-state index contributed by atoms with van der Waals surface area (Å²) in [7, 11) is 0. The molecule has 1 heterocycles. The molecule has 1 aliphatic rings. The molecule has 0 fully saturated rings. The van der Waals surface area contributed by atoms with Gasteiger partial charge in [0.1, 0.15) is 0 Å². The minimum atomic E-state index is 0.583. The molecule has 0 aliphatic carbocycles. The summed E-state index contributed by atoms with van der Waals surface area (Å²) in [5.74, 6) is 0. The molecule has 3 heteroatoms. The minimum absolute atomic E-state index is 0.583. The van der Waals surface area contributed by atoms with Gasteiger partial charge in [0.05, 0.1) is 11.4 Å². The lowest BCUT2D eigenvalue weighted by molar-refractivity contribution is 1.02. The van der Waals surface area contributed by atoms with E-state index in [0.717, 1.165) is 5.69 Å². The molecule has 0 unspecified atom stereocenters. The highest BCUT2D eigenvalue weighted by Gasteiger charge is 2.16. The van der Waals surface area contributed by atoms with Crippen molar-refractivity contribution < 1.29 is 0 Å². The molecule has 0 atom stereocenters. The number of rotatable bonds is 1. The number of hydrogen-bond donors (Lipinski definition) is 2. The predicted molar refractivity (Wildman–Crippen MR) is 68.2 cm³/mol. The van der Waals surface area contributed by atoms with Crippen molar-refractivity contribution in [2.75, 3.05) is 5.32 Å². The Bertz CT molecular complexity index is 537. The van der Waals surface area contributed by atoms with Crippen molar-refractivity contribution in [3.05, 3.63) is 48.0 Å². The molecule has 0 radical (unpaired) electrons. The highest BCUT2D eigenvalue weighted by atomic mass is 32.2. The molecule has 1 aliphatic heterocycles. The Kier molecular flexibility index (Phi) is 2.35. The van der Waals surface area contributed by atoms with Crippen molar-refractivity contribution in [2.45, 2.75) is 16.3 Å².